The van der Waals surface area contributed by atoms with Gasteiger partial charge in [0.15, 0.2) is 0 Å². The second kappa shape index (κ2) is 7.48. The zero-order chi connectivity index (χ0) is 21.2. The minimum Gasteiger partial charge on any atom is -0.306 e. The molecule has 1 nitrogen and oxygen atoms in total. The number of rotatable bonds is 2. The molecule has 1 heteroatoms. The van der Waals surface area contributed by atoms with E-state index in [-0.39, 0.29) is 0 Å². The van der Waals surface area contributed by atoms with Gasteiger partial charge in [0.25, 0.3) is 0 Å². The van der Waals surface area contributed by atoms with Gasteiger partial charge in [0, 0.05) is 6.04 Å². The molecule has 0 radical (unpaired) electrons. The molecule has 4 aliphatic carbocycles. The molecule has 4 aliphatic rings. The van der Waals surface area contributed by atoms with Gasteiger partial charge in [-0.3, -0.25) is 0 Å². The van der Waals surface area contributed by atoms with Crippen molar-refractivity contribution in [1.29, 1.82) is 0 Å². The van der Waals surface area contributed by atoms with Crippen LogP contribution in [0.25, 0.3) is 16.3 Å². The first kappa shape index (κ1) is 20.0. The van der Waals surface area contributed by atoms with Crippen LogP contribution in [0.5, 0.6) is 0 Å². The van der Waals surface area contributed by atoms with Crippen LogP contribution in [0.1, 0.15) is 63.9 Å². The average Bonchev–Trinajstić information content (AvgIpc) is 3.15. The third-order valence-corrected chi connectivity index (χ3v) is 10.3. The minimum absolute atomic E-state index is 0.386. The summed E-state index contributed by atoms with van der Waals surface area (Å²) in [4.78, 5) is 2.50. The van der Waals surface area contributed by atoms with Crippen molar-refractivity contribution >= 4 is 16.3 Å². The fraction of sp³-hybridized carbons (Fsp3) is 0.600. The van der Waals surface area contributed by atoms with E-state index in [9.17, 15) is 0 Å². The van der Waals surface area contributed by atoms with Crippen LogP contribution < -0.4 is 0 Å². The number of nitrogens with zero attached hydrogens (tertiary/aromatic N) is 1. The highest BCUT2D eigenvalue weighted by Crippen LogP contribution is 2.64. The normalized spacial score (nSPS) is 39.7. The molecule has 0 unspecified atom stereocenters. The molecule has 3 fully saturated rings. The Morgan fingerprint density at radius 3 is 2.48 bits per heavy atom. The Morgan fingerprint density at radius 2 is 1.65 bits per heavy atom. The molecule has 3 saturated carbocycles. The summed E-state index contributed by atoms with van der Waals surface area (Å²) in [5.41, 5.74) is 3.54. The summed E-state index contributed by atoms with van der Waals surface area (Å²) in [6.07, 6.45) is 14.2. The molecular weight excluding hydrogens is 374 g/mol. The maximum absolute atomic E-state index is 2.65. The third kappa shape index (κ3) is 3.14. The van der Waals surface area contributed by atoms with E-state index < -0.39 is 0 Å². The highest BCUT2D eigenvalue weighted by atomic mass is 15.1. The lowest BCUT2D eigenvalue weighted by atomic mass is 9.49. The van der Waals surface area contributed by atoms with E-state index in [0.717, 1.165) is 35.6 Å². The maximum atomic E-state index is 2.65. The number of hydrogen-bond donors (Lipinski definition) is 0. The van der Waals surface area contributed by atoms with Crippen molar-refractivity contribution in [2.45, 2.75) is 64.3 Å². The van der Waals surface area contributed by atoms with Gasteiger partial charge in [0.2, 0.25) is 0 Å². The van der Waals surface area contributed by atoms with Crippen molar-refractivity contribution in [2.75, 3.05) is 14.1 Å². The Labute approximate surface area is 188 Å². The molecule has 7 atom stereocenters. The summed E-state index contributed by atoms with van der Waals surface area (Å²) in [6, 6.07) is 16.9. The molecule has 6 rings (SSSR count). The van der Waals surface area contributed by atoms with Gasteiger partial charge < -0.3 is 4.90 Å². The van der Waals surface area contributed by atoms with Crippen LogP contribution in [0.2, 0.25) is 0 Å². The molecule has 0 aromatic heterocycles. The summed E-state index contributed by atoms with van der Waals surface area (Å²) in [7, 11) is 4.59. The van der Waals surface area contributed by atoms with Crippen LogP contribution in [0, 0.1) is 35.0 Å². The van der Waals surface area contributed by atoms with Crippen LogP contribution in [0.4, 0.5) is 0 Å². The summed E-state index contributed by atoms with van der Waals surface area (Å²) in [5.74, 6) is 4.86. The van der Waals surface area contributed by atoms with Crippen molar-refractivity contribution in [3.05, 3.63) is 54.1 Å². The van der Waals surface area contributed by atoms with Crippen LogP contribution in [0.3, 0.4) is 0 Å². The van der Waals surface area contributed by atoms with E-state index in [1.807, 2.05) is 0 Å². The molecule has 0 N–H and O–H groups in total. The van der Waals surface area contributed by atoms with Gasteiger partial charge in [-0.1, -0.05) is 49.4 Å². The third-order valence-electron chi connectivity index (χ3n) is 10.3. The minimum atomic E-state index is 0.386. The van der Waals surface area contributed by atoms with Gasteiger partial charge in [-0.15, -0.1) is 0 Å². The Morgan fingerprint density at radius 1 is 0.839 bits per heavy atom. The fourth-order valence-electron chi connectivity index (χ4n) is 8.67. The molecule has 0 saturated heterocycles. The molecule has 0 spiro atoms. The molecule has 0 amide bonds. The van der Waals surface area contributed by atoms with E-state index in [2.05, 4.69) is 74.5 Å². The zero-order valence-electron chi connectivity index (χ0n) is 19.7. The van der Waals surface area contributed by atoms with Crippen molar-refractivity contribution in [1.82, 2.24) is 4.90 Å². The lowest BCUT2D eigenvalue weighted by molar-refractivity contribution is -0.0482. The Kier molecular flexibility index (Phi) is 4.83. The smallest absolute Gasteiger partial charge is 0.00920 e. The van der Waals surface area contributed by atoms with Gasteiger partial charge in [-0.2, -0.15) is 0 Å². The summed E-state index contributed by atoms with van der Waals surface area (Å²) in [5, 5.41) is 2.75. The second-order valence-electron chi connectivity index (χ2n) is 11.7. The van der Waals surface area contributed by atoms with Gasteiger partial charge >= 0.3 is 0 Å². The largest absolute Gasteiger partial charge is 0.306 e. The van der Waals surface area contributed by atoms with E-state index in [4.69, 9.17) is 0 Å². The number of fused-ring (bicyclic) bond motifs is 6. The predicted molar refractivity (Wildman–Crippen MR) is 132 cm³/mol. The highest BCUT2D eigenvalue weighted by Gasteiger charge is 2.54. The van der Waals surface area contributed by atoms with Crippen molar-refractivity contribution < 1.29 is 0 Å². The molecule has 31 heavy (non-hydrogen) atoms. The van der Waals surface area contributed by atoms with Crippen molar-refractivity contribution in [3.63, 3.8) is 0 Å². The molecule has 0 bridgehead atoms. The molecule has 0 aliphatic heterocycles. The molecule has 2 aromatic carbocycles. The SMILES string of the molecule is CN(C)[C@H]1CC[C@H]2[C@@H](CC[C@@H]3[C@@H]2CC[C@]2(C)C(c4ccc5ccccc5c4)=CC[C@@H]32)C1. The van der Waals surface area contributed by atoms with Gasteiger partial charge in [-0.05, 0) is 128 Å². The quantitative estimate of drug-likeness (QED) is 0.495. The number of benzene rings is 2. The number of hydrogen-bond acceptors (Lipinski definition) is 1. The van der Waals surface area contributed by atoms with E-state index in [1.54, 1.807) is 5.57 Å². The topological polar surface area (TPSA) is 3.24 Å². The summed E-state index contributed by atoms with van der Waals surface area (Å²) in [6.45, 7) is 2.62. The Balaban J connectivity index is 1.25. The first-order chi connectivity index (χ1) is 15.0. The van der Waals surface area contributed by atoms with E-state index in [0.29, 0.717) is 5.41 Å². The summed E-state index contributed by atoms with van der Waals surface area (Å²) < 4.78 is 0. The first-order valence-electron chi connectivity index (χ1n) is 12.9. The monoisotopic (exact) mass is 413 g/mol. The second-order valence-corrected chi connectivity index (χ2v) is 11.7. The van der Waals surface area contributed by atoms with Gasteiger partial charge in [-0.25, -0.2) is 0 Å². The standard InChI is InChI=1S/C30H39N/c1-30-17-16-26-25-13-11-24(31(2)3)19-22(25)10-12-27(26)29(30)15-14-28(30)23-9-8-20-6-4-5-7-21(20)18-23/h4-9,14,18,22,24-27,29H,10-13,15-17,19H2,1-3H3/t22-,24-,25-,26+,27+,29-,30+/m0/s1. The maximum Gasteiger partial charge on any atom is 0.00920 e. The Bertz CT molecular complexity index is 1000. The fourth-order valence-corrected chi connectivity index (χ4v) is 8.67. The van der Waals surface area contributed by atoms with Crippen LogP contribution in [0.15, 0.2) is 48.5 Å². The number of allylic oxidation sites excluding steroid dienone is 2. The van der Waals surface area contributed by atoms with E-state index in [1.165, 1.54) is 67.7 Å². The van der Waals surface area contributed by atoms with Crippen molar-refractivity contribution in [3.8, 4) is 0 Å². The van der Waals surface area contributed by atoms with Crippen LogP contribution in [-0.4, -0.2) is 25.0 Å². The molecule has 0 heterocycles. The summed E-state index contributed by atoms with van der Waals surface area (Å²) >= 11 is 0. The van der Waals surface area contributed by atoms with Crippen LogP contribution in [-0.2, 0) is 0 Å². The molecule has 164 valence electrons. The lowest BCUT2D eigenvalue weighted by Crippen LogP contribution is -2.49. The van der Waals surface area contributed by atoms with Gasteiger partial charge in [0.1, 0.15) is 0 Å². The Hall–Kier alpha value is -1.60. The average molecular weight is 414 g/mol. The lowest BCUT2D eigenvalue weighted by Gasteiger charge is -2.56. The van der Waals surface area contributed by atoms with Gasteiger partial charge in [0.05, 0.1) is 0 Å². The molecule has 2 aromatic rings. The first-order valence-corrected chi connectivity index (χ1v) is 12.9. The van der Waals surface area contributed by atoms with Crippen LogP contribution >= 0.6 is 0 Å². The molecular formula is C30H39N. The van der Waals surface area contributed by atoms with E-state index >= 15 is 0 Å². The highest BCUT2D eigenvalue weighted by molar-refractivity contribution is 5.87. The predicted octanol–water partition coefficient (Wildman–Crippen LogP) is 7.42. The van der Waals surface area contributed by atoms with Crippen molar-refractivity contribution in [2.24, 2.45) is 35.0 Å². The zero-order valence-corrected chi connectivity index (χ0v) is 19.7.